The predicted molar refractivity (Wildman–Crippen MR) is 125 cm³/mol. The molecule has 8 heteroatoms. The van der Waals surface area contributed by atoms with Crippen LogP contribution in [0.4, 0.5) is 4.79 Å². The highest BCUT2D eigenvalue weighted by atomic mass is 16.5. The van der Waals surface area contributed by atoms with Crippen molar-refractivity contribution in [3.63, 3.8) is 0 Å². The third-order valence-electron chi connectivity index (χ3n) is 6.37. The highest BCUT2D eigenvalue weighted by Crippen LogP contribution is 2.44. The number of fused-ring (bicyclic) bond motifs is 3. The minimum atomic E-state index is -1.53. The van der Waals surface area contributed by atoms with Crippen molar-refractivity contribution in [3.8, 4) is 11.1 Å². The van der Waals surface area contributed by atoms with Crippen LogP contribution in [0, 0.1) is 5.92 Å². The highest BCUT2D eigenvalue weighted by molar-refractivity contribution is 5.89. The van der Waals surface area contributed by atoms with E-state index in [1.165, 1.54) is 14.0 Å². The van der Waals surface area contributed by atoms with Crippen molar-refractivity contribution in [1.82, 2.24) is 10.6 Å². The van der Waals surface area contributed by atoms with E-state index in [4.69, 9.17) is 9.47 Å². The summed E-state index contributed by atoms with van der Waals surface area (Å²) in [6, 6.07) is 15.8. The number of hydrogen-bond donors (Lipinski definition) is 3. The molecule has 0 saturated heterocycles. The van der Waals surface area contributed by atoms with Crippen molar-refractivity contribution >= 4 is 18.0 Å². The Morgan fingerprint density at radius 3 is 2.24 bits per heavy atom. The molecule has 8 nitrogen and oxygen atoms in total. The Bertz CT molecular complexity index is 1080. The Morgan fingerprint density at radius 1 is 1.03 bits per heavy atom. The lowest BCUT2D eigenvalue weighted by Crippen LogP contribution is -2.56. The molecule has 0 bridgehead atoms. The summed E-state index contributed by atoms with van der Waals surface area (Å²) in [5.74, 6) is -2.22. The first-order chi connectivity index (χ1) is 16.3. The van der Waals surface area contributed by atoms with Crippen LogP contribution in [-0.4, -0.2) is 55.0 Å². The van der Waals surface area contributed by atoms with Crippen LogP contribution in [0.3, 0.4) is 0 Å². The molecule has 0 spiro atoms. The summed E-state index contributed by atoms with van der Waals surface area (Å²) in [4.78, 5) is 36.6. The van der Waals surface area contributed by atoms with Crippen molar-refractivity contribution in [2.45, 2.75) is 30.8 Å². The van der Waals surface area contributed by atoms with E-state index in [1.54, 1.807) is 12.2 Å². The van der Waals surface area contributed by atoms with Crippen molar-refractivity contribution in [2.24, 2.45) is 5.92 Å². The fourth-order valence-electron chi connectivity index (χ4n) is 4.60. The van der Waals surface area contributed by atoms with E-state index < -0.39 is 29.4 Å². The lowest BCUT2D eigenvalue weighted by atomic mass is 9.98. The molecule has 0 heterocycles. The maximum atomic E-state index is 12.6. The van der Waals surface area contributed by atoms with Crippen LogP contribution in [0.15, 0.2) is 60.7 Å². The van der Waals surface area contributed by atoms with Gasteiger partial charge in [-0.1, -0.05) is 60.7 Å². The number of carboxylic acid groups (broad SMARTS) is 1. The monoisotopic (exact) mass is 464 g/mol. The van der Waals surface area contributed by atoms with E-state index in [0.29, 0.717) is 6.42 Å². The summed E-state index contributed by atoms with van der Waals surface area (Å²) in [6.07, 6.45) is 3.14. The number of rotatable bonds is 8. The molecule has 0 aliphatic heterocycles. The number of benzene rings is 2. The van der Waals surface area contributed by atoms with Crippen LogP contribution < -0.4 is 10.6 Å². The smallest absolute Gasteiger partial charge is 0.407 e. The number of alkyl carbamates (subject to hydrolysis) is 1. The maximum absolute atomic E-state index is 12.6. The van der Waals surface area contributed by atoms with E-state index >= 15 is 0 Å². The predicted octanol–water partition coefficient (Wildman–Crippen LogP) is 3.08. The topological polar surface area (TPSA) is 114 Å². The van der Waals surface area contributed by atoms with Crippen molar-refractivity contribution in [1.29, 1.82) is 0 Å². The van der Waals surface area contributed by atoms with Crippen LogP contribution in [-0.2, 0) is 19.1 Å². The number of nitrogens with one attached hydrogen (secondary N) is 2. The molecule has 3 atom stereocenters. The molecule has 0 saturated carbocycles. The first kappa shape index (κ1) is 23.5. The number of carboxylic acids is 1. The molecule has 178 valence electrons. The van der Waals surface area contributed by atoms with Gasteiger partial charge in [-0.2, -0.15) is 0 Å². The number of carbonyl (C=O) groups excluding carboxylic acids is 2. The molecule has 0 radical (unpaired) electrons. The summed E-state index contributed by atoms with van der Waals surface area (Å²) in [7, 11) is 1.37. The molecular formula is C26H28N2O6. The Labute approximate surface area is 198 Å². The lowest BCUT2D eigenvalue weighted by Gasteiger charge is -2.26. The van der Waals surface area contributed by atoms with Crippen LogP contribution in [0.1, 0.15) is 30.4 Å². The van der Waals surface area contributed by atoms with Crippen molar-refractivity contribution < 1.29 is 29.0 Å². The van der Waals surface area contributed by atoms with Gasteiger partial charge in [0, 0.05) is 13.0 Å². The molecule has 4 rings (SSSR count). The van der Waals surface area contributed by atoms with Gasteiger partial charge in [-0.15, -0.1) is 0 Å². The third kappa shape index (κ3) is 4.68. The number of methoxy groups -OCH3 is 1. The first-order valence-corrected chi connectivity index (χ1v) is 11.2. The molecule has 2 aromatic carbocycles. The first-order valence-electron chi connectivity index (χ1n) is 11.2. The van der Waals surface area contributed by atoms with Gasteiger partial charge >= 0.3 is 12.1 Å². The summed E-state index contributed by atoms with van der Waals surface area (Å²) in [6.45, 7) is 1.43. The number of carbonyl (C=O) groups is 3. The van der Waals surface area contributed by atoms with Crippen LogP contribution in [0.25, 0.3) is 11.1 Å². The van der Waals surface area contributed by atoms with Gasteiger partial charge in [0.2, 0.25) is 5.91 Å². The Hall–Kier alpha value is -3.65. The van der Waals surface area contributed by atoms with Crippen LogP contribution >= 0.6 is 0 Å². The summed E-state index contributed by atoms with van der Waals surface area (Å²) < 4.78 is 10.5. The van der Waals surface area contributed by atoms with E-state index in [0.717, 1.165) is 22.3 Å². The quantitative estimate of drug-likeness (QED) is 0.518. The summed E-state index contributed by atoms with van der Waals surface area (Å²) >= 11 is 0. The zero-order valence-corrected chi connectivity index (χ0v) is 19.1. The molecule has 2 aliphatic carbocycles. The number of amides is 2. The minimum Gasteiger partial charge on any atom is -0.479 e. The third-order valence-corrected chi connectivity index (χ3v) is 6.37. The molecule has 0 aromatic heterocycles. The summed E-state index contributed by atoms with van der Waals surface area (Å²) in [5.41, 5.74) is 3.04. The van der Waals surface area contributed by atoms with E-state index in [9.17, 15) is 19.5 Å². The molecule has 3 N–H and O–H groups in total. The second kappa shape index (κ2) is 9.69. The molecule has 0 fully saturated rings. The second-order valence-electron chi connectivity index (χ2n) is 8.86. The van der Waals surface area contributed by atoms with E-state index in [1.807, 2.05) is 24.3 Å². The number of ether oxygens (including phenoxy) is 2. The van der Waals surface area contributed by atoms with Crippen molar-refractivity contribution in [3.05, 3.63) is 71.8 Å². The molecule has 34 heavy (non-hydrogen) atoms. The lowest BCUT2D eigenvalue weighted by molar-refractivity contribution is -0.149. The minimum absolute atomic E-state index is 0.0368. The Kier molecular flexibility index (Phi) is 6.70. The number of aliphatic carboxylic acids is 1. The average molecular weight is 465 g/mol. The van der Waals surface area contributed by atoms with E-state index in [2.05, 4.69) is 34.9 Å². The molecule has 2 amide bonds. The van der Waals surface area contributed by atoms with Gasteiger partial charge in [0.05, 0.1) is 18.6 Å². The average Bonchev–Trinajstić information content (AvgIpc) is 3.40. The number of hydrogen-bond acceptors (Lipinski definition) is 5. The van der Waals surface area contributed by atoms with Gasteiger partial charge in [-0.3, -0.25) is 4.79 Å². The molecule has 2 aromatic rings. The zero-order valence-electron chi connectivity index (χ0n) is 19.1. The van der Waals surface area contributed by atoms with Gasteiger partial charge in [-0.05, 0) is 35.6 Å². The molecular weight excluding hydrogens is 436 g/mol. The van der Waals surface area contributed by atoms with Gasteiger partial charge in [0.1, 0.15) is 6.61 Å². The van der Waals surface area contributed by atoms with E-state index in [-0.39, 0.29) is 25.2 Å². The second-order valence-corrected chi connectivity index (χ2v) is 8.86. The van der Waals surface area contributed by atoms with Crippen LogP contribution in [0.5, 0.6) is 0 Å². The molecule has 3 unspecified atom stereocenters. The largest absolute Gasteiger partial charge is 0.479 e. The molecule has 2 aliphatic rings. The zero-order chi connectivity index (χ0) is 24.3. The SMILES string of the molecule is COCC(C)(NC(=O)C1C=CC(NC(=O)OCC2c3ccccc3-c3ccccc32)C1)C(=O)O. The van der Waals surface area contributed by atoms with Gasteiger partial charge in [-0.25, -0.2) is 9.59 Å². The normalized spacial score (nSPS) is 20.2. The fraction of sp³-hybridized carbons (Fsp3) is 0.346. The fourth-order valence-corrected chi connectivity index (χ4v) is 4.60. The maximum Gasteiger partial charge on any atom is 0.407 e. The Balaban J connectivity index is 1.31. The summed E-state index contributed by atoms with van der Waals surface area (Å²) in [5, 5.41) is 14.7. The highest BCUT2D eigenvalue weighted by Gasteiger charge is 2.38. The standard InChI is InChI=1S/C26H28N2O6/c1-26(15-33-2,24(30)31)28-23(29)16-11-12-17(13-16)27-25(32)34-14-22-20-9-5-3-7-18(20)19-8-4-6-10-21(19)22/h3-12,16-17,22H,13-15H2,1-2H3,(H,27,32)(H,28,29)(H,30,31). The van der Waals surface area contributed by atoms with Crippen LogP contribution in [0.2, 0.25) is 0 Å². The van der Waals surface area contributed by atoms with Gasteiger partial charge in [0.25, 0.3) is 0 Å². The van der Waals surface area contributed by atoms with Crippen molar-refractivity contribution in [2.75, 3.05) is 20.3 Å². The van der Waals surface area contributed by atoms with Gasteiger partial charge < -0.3 is 25.2 Å². The Morgan fingerprint density at radius 2 is 1.65 bits per heavy atom. The van der Waals surface area contributed by atoms with Gasteiger partial charge in [0.15, 0.2) is 5.54 Å².